The van der Waals surface area contributed by atoms with Gasteiger partial charge < -0.3 is 10.6 Å². The van der Waals surface area contributed by atoms with Gasteiger partial charge in [0.25, 0.3) is 5.91 Å². The second kappa shape index (κ2) is 4.80. The average Bonchev–Trinajstić information content (AvgIpc) is 2.30. The molecule has 1 heterocycles. The minimum absolute atomic E-state index is 0.0799. The first kappa shape index (κ1) is 13.8. The Morgan fingerprint density at radius 1 is 1.47 bits per heavy atom. The fourth-order valence-electron chi connectivity index (χ4n) is 2.16. The molecular formula is C12H15FN2O3S. The molecule has 19 heavy (non-hydrogen) atoms. The molecule has 1 fully saturated rings. The van der Waals surface area contributed by atoms with Crippen molar-refractivity contribution in [2.75, 3.05) is 23.8 Å². The maximum Gasteiger partial charge on any atom is 0.257 e. The Bertz CT molecular complexity index is 615. The van der Waals surface area contributed by atoms with Crippen LogP contribution in [0.2, 0.25) is 0 Å². The summed E-state index contributed by atoms with van der Waals surface area (Å²) < 4.78 is 36.5. The van der Waals surface area contributed by atoms with Crippen molar-refractivity contribution in [2.45, 2.75) is 13.0 Å². The van der Waals surface area contributed by atoms with E-state index in [0.717, 1.165) is 6.07 Å². The number of benzene rings is 1. The van der Waals surface area contributed by atoms with E-state index in [-0.39, 0.29) is 23.6 Å². The van der Waals surface area contributed by atoms with E-state index in [0.29, 0.717) is 5.69 Å². The van der Waals surface area contributed by atoms with E-state index in [1.165, 1.54) is 17.0 Å². The normalized spacial score (nSPS) is 22.2. The molecular weight excluding hydrogens is 271 g/mol. The number of anilines is 1. The third-order valence-electron chi connectivity index (χ3n) is 3.15. The number of hydrogen-bond donors (Lipinski definition) is 1. The lowest BCUT2D eigenvalue weighted by atomic mass is 10.1. The molecule has 0 radical (unpaired) electrons. The Kier molecular flexibility index (Phi) is 3.49. The van der Waals surface area contributed by atoms with Crippen molar-refractivity contribution in [2.24, 2.45) is 0 Å². The van der Waals surface area contributed by atoms with Crippen molar-refractivity contribution in [3.63, 3.8) is 0 Å². The van der Waals surface area contributed by atoms with Crippen LogP contribution in [0.15, 0.2) is 18.2 Å². The molecule has 7 heteroatoms. The van der Waals surface area contributed by atoms with E-state index in [9.17, 15) is 17.6 Å². The Morgan fingerprint density at radius 2 is 2.16 bits per heavy atom. The zero-order valence-electron chi connectivity index (χ0n) is 10.5. The summed E-state index contributed by atoms with van der Waals surface area (Å²) in [7, 11) is -3.11. The first-order valence-corrected chi connectivity index (χ1v) is 7.69. The molecule has 1 saturated heterocycles. The molecule has 2 rings (SSSR count). The lowest BCUT2D eigenvalue weighted by molar-refractivity contribution is 0.0708. The van der Waals surface area contributed by atoms with Crippen molar-refractivity contribution in [1.29, 1.82) is 0 Å². The number of rotatable bonds is 1. The standard InChI is InChI=1S/C12H15FN2O3S/c1-8-7-19(17,18)5-4-15(8)12(16)10-6-9(14)2-3-11(10)13/h2-3,6,8H,4-5,7,14H2,1H3. The molecule has 2 N–H and O–H groups in total. The van der Waals surface area contributed by atoms with E-state index in [4.69, 9.17) is 5.73 Å². The maximum absolute atomic E-state index is 13.6. The quantitative estimate of drug-likeness (QED) is 0.769. The fraction of sp³-hybridized carbons (Fsp3) is 0.417. The highest BCUT2D eigenvalue weighted by atomic mass is 32.2. The molecule has 0 aromatic heterocycles. The van der Waals surface area contributed by atoms with Gasteiger partial charge in [-0.3, -0.25) is 4.79 Å². The average molecular weight is 286 g/mol. The summed E-state index contributed by atoms with van der Waals surface area (Å²) in [5.74, 6) is -1.36. The first-order valence-electron chi connectivity index (χ1n) is 5.86. The summed E-state index contributed by atoms with van der Waals surface area (Å²) in [6.45, 7) is 1.72. The summed E-state index contributed by atoms with van der Waals surface area (Å²) >= 11 is 0. The van der Waals surface area contributed by atoms with E-state index < -0.39 is 27.6 Å². The fourth-order valence-corrected chi connectivity index (χ4v) is 3.72. The van der Waals surface area contributed by atoms with Gasteiger partial charge in [-0.1, -0.05) is 0 Å². The van der Waals surface area contributed by atoms with Crippen molar-refractivity contribution in [3.8, 4) is 0 Å². The molecule has 1 aliphatic rings. The third kappa shape index (κ3) is 2.86. The predicted octanol–water partition coefficient (Wildman–Crippen LogP) is 0.667. The van der Waals surface area contributed by atoms with Gasteiger partial charge in [0, 0.05) is 18.3 Å². The highest BCUT2D eigenvalue weighted by Gasteiger charge is 2.32. The lowest BCUT2D eigenvalue weighted by Crippen LogP contribution is -2.49. The number of amides is 1. The number of nitrogens with two attached hydrogens (primary N) is 1. The van der Waals surface area contributed by atoms with E-state index in [2.05, 4.69) is 0 Å². The van der Waals surface area contributed by atoms with Crippen LogP contribution in [-0.2, 0) is 9.84 Å². The van der Waals surface area contributed by atoms with Gasteiger partial charge in [0.1, 0.15) is 5.82 Å². The monoisotopic (exact) mass is 286 g/mol. The number of nitrogen functional groups attached to an aromatic ring is 1. The molecule has 1 aliphatic heterocycles. The van der Waals surface area contributed by atoms with Crippen molar-refractivity contribution >= 4 is 21.4 Å². The van der Waals surface area contributed by atoms with Gasteiger partial charge in [-0.2, -0.15) is 0 Å². The molecule has 1 atom stereocenters. The van der Waals surface area contributed by atoms with E-state index >= 15 is 0 Å². The highest BCUT2D eigenvalue weighted by molar-refractivity contribution is 7.91. The van der Waals surface area contributed by atoms with Crippen LogP contribution in [0.1, 0.15) is 17.3 Å². The molecule has 0 saturated carbocycles. The van der Waals surface area contributed by atoms with Crippen LogP contribution in [0.4, 0.5) is 10.1 Å². The summed E-state index contributed by atoms with van der Waals surface area (Å²) in [6, 6.07) is 3.31. The number of carbonyl (C=O) groups excluding carboxylic acids is 1. The Labute approximate surface area is 111 Å². The van der Waals surface area contributed by atoms with Gasteiger partial charge in [0.05, 0.1) is 17.1 Å². The second-order valence-corrected chi connectivity index (χ2v) is 6.93. The third-order valence-corrected chi connectivity index (χ3v) is 4.95. The van der Waals surface area contributed by atoms with Crippen LogP contribution in [0, 0.1) is 5.82 Å². The van der Waals surface area contributed by atoms with Gasteiger partial charge in [0.15, 0.2) is 9.84 Å². The summed E-state index contributed by atoms with van der Waals surface area (Å²) in [5.41, 5.74) is 5.71. The zero-order chi connectivity index (χ0) is 14.2. The van der Waals surface area contributed by atoms with E-state index in [1.807, 2.05) is 0 Å². The second-order valence-electron chi connectivity index (χ2n) is 4.70. The molecule has 1 aromatic rings. The minimum Gasteiger partial charge on any atom is -0.399 e. The SMILES string of the molecule is CC1CS(=O)(=O)CCN1C(=O)c1cc(N)ccc1F. The number of hydrogen-bond acceptors (Lipinski definition) is 4. The molecule has 1 aromatic carbocycles. The van der Waals surface area contributed by atoms with Crippen LogP contribution in [-0.4, -0.2) is 43.3 Å². The minimum atomic E-state index is -3.11. The van der Waals surface area contributed by atoms with Gasteiger partial charge in [-0.15, -0.1) is 0 Å². The molecule has 0 bridgehead atoms. The summed E-state index contributed by atoms with van der Waals surface area (Å²) in [6.07, 6.45) is 0. The van der Waals surface area contributed by atoms with Gasteiger partial charge >= 0.3 is 0 Å². The number of halogens is 1. The Morgan fingerprint density at radius 3 is 2.79 bits per heavy atom. The van der Waals surface area contributed by atoms with Gasteiger partial charge in [0.2, 0.25) is 0 Å². The molecule has 0 aliphatic carbocycles. The first-order chi connectivity index (χ1) is 8.80. The largest absolute Gasteiger partial charge is 0.399 e. The van der Waals surface area contributed by atoms with Crippen molar-refractivity contribution < 1.29 is 17.6 Å². The Hall–Kier alpha value is -1.63. The van der Waals surface area contributed by atoms with Crippen LogP contribution < -0.4 is 5.73 Å². The summed E-state index contributed by atoms with van der Waals surface area (Å²) in [5, 5.41) is 0. The molecule has 1 amide bonds. The molecule has 5 nitrogen and oxygen atoms in total. The Balaban J connectivity index is 2.27. The van der Waals surface area contributed by atoms with Gasteiger partial charge in [-0.05, 0) is 25.1 Å². The molecule has 1 unspecified atom stereocenters. The van der Waals surface area contributed by atoms with Crippen LogP contribution in [0.5, 0.6) is 0 Å². The van der Waals surface area contributed by atoms with E-state index in [1.54, 1.807) is 6.92 Å². The van der Waals surface area contributed by atoms with Crippen molar-refractivity contribution in [3.05, 3.63) is 29.6 Å². The highest BCUT2D eigenvalue weighted by Crippen LogP contribution is 2.19. The smallest absolute Gasteiger partial charge is 0.257 e. The van der Waals surface area contributed by atoms with Crippen LogP contribution in [0.25, 0.3) is 0 Å². The zero-order valence-corrected chi connectivity index (χ0v) is 11.3. The molecule has 0 spiro atoms. The molecule has 104 valence electrons. The maximum atomic E-state index is 13.6. The lowest BCUT2D eigenvalue weighted by Gasteiger charge is -2.33. The van der Waals surface area contributed by atoms with Crippen molar-refractivity contribution in [1.82, 2.24) is 4.90 Å². The van der Waals surface area contributed by atoms with Crippen LogP contribution >= 0.6 is 0 Å². The van der Waals surface area contributed by atoms with Gasteiger partial charge in [-0.25, -0.2) is 12.8 Å². The topological polar surface area (TPSA) is 80.5 Å². The predicted molar refractivity (Wildman–Crippen MR) is 70.0 cm³/mol. The number of nitrogens with zero attached hydrogens (tertiary/aromatic N) is 1. The number of sulfone groups is 1. The van der Waals surface area contributed by atoms with Crippen LogP contribution in [0.3, 0.4) is 0 Å². The number of carbonyl (C=O) groups is 1. The summed E-state index contributed by atoms with van der Waals surface area (Å²) in [4.78, 5) is 13.6.